The van der Waals surface area contributed by atoms with Crippen LogP contribution in [0.5, 0.6) is 0 Å². The monoisotopic (exact) mass is 756 g/mol. The van der Waals surface area contributed by atoms with E-state index in [1.807, 2.05) is 23.5 Å². The summed E-state index contributed by atoms with van der Waals surface area (Å²) in [5.41, 5.74) is 8.11. The highest BCUT2D eigenvalue weighted by atomic mass is 32.1. The zero-order chi connectivity index (χ0) is 38.3. The molecule has 0 fully saturated rings. The third-order valence-electron chi connectivity index (χ3n) is 11.5. The smallest absolute Gasteiger partial charge is 0.166 e. The van der Waals surface area contributed by atoms with E-state index in [4.69, 9.17) is 0 Å². The predicted molar refractivity (Wildman–Crippen MR) is 236 cm³/mol. The summed E-state index contributed by atoms with van der Waals surface area (Å²) in [6.45, 7) is 0. The maximum absolute atomic E-state index is 13.7. The first-order valence-electron chi connectivity index (χ1n) is 19.0. The van der Waals surface area contributed by atoms with Crippen LogP contribution in [0.4, 0.5) is 13.2 Å². The number of hydrogen-bond acceptors (Lipinski definition) is 1. The molecule has 0 nitrogen and oxygen atoms in total. The Kier molecular flexibility index (Phi) is 7.60. The fraction of sp³-hybridized carbons (Fsp3) is 0.0189. The third-order valence-corrected chi connectivity index (χ3v) is 12.6. The Labute approximate surface area is 330 Å². The lowest BCUT2D eigenvalue weighted by atomic mass is 9.83. The highest BCUT2D eigenvalue weighted by Crippen LogP contribution is 2.52. The van der Waals surface area contributed by atoms with Crippen LogP contribution in [0.25, 0.3) is 108 Å². The molecule has 0 radical (unpaired) electrons. The van der Waals surface area contributed by atoms with Gasteiger partial charge in [-0.15, -0.1) is 11.3 Å². The van der Waals surface area contributed by atoms with Crippen molar-refractivity contribution in [2.45, 2.75) is 6.18 Å². The summed E-state index contributed by atoms with van der Waals surface area (Å²) < 4.78 is 43.4. The second-order valence-electron chi connectivity index (χ2n) is 14.6. The second-order valence-corrected chi connectivity index (χ2v) is 15.7. The van der Waals surface area contributed by atoms with E-state index in [1.165, 1.54) is 76.1 Å². The van der Waals surface area contributed by atoms with E-state index < -0.39 is 11.7 Å². The molecule has 11 aromatic rings. The number of thiophene rings is 1. The van der Waals surface area contributed by atoms with E-state index in [2.05, 4.69) is 152 Å². The normalized spacial score (nSPS) is 12.1. The van der Waals surface area contributed by atoms with Gasteiger partial charge < -0.3 is 0 Å². The zero-order valence-electron chi connectivity index (χ0n) is 30.4. The average Bonchev–Trinajstić information content (AvgIpc) is 3.64. The van der Waals surface area contributed by atoms with Crippen LogP contribution in [-0.4, -0.2) is 0 Å². The van der Waals surface area contributed by atoms with E-state index in [1.54, 1.807) is 12.1 Å². The Bertz CT molecular complexity index is 3260. The van der Waals surface area contributed by atoms with Gasteiger partial charge in [-0.2, -0.15) is 13.2 Å². The molecule has 0 N–H and O–H groups in total. The molecule has 0 aliphatic rings. The summed E-state index contributed by atoms with van der Waals surface area (Å²) in [7, 11) is 0. The minimum Gasteiger partial charge on any atom is -0.166 e. The molecule has 0 aliphatic heterocycles. The van der Waals surface area contributed by atoms with Gasteiger partial charge in [0.2, 0.25) is 0 Å². The van der Waals surface area contributed by atoms with Crippen molar-refractivity contribution in [1.29, 1.82) is 0 Å². The Balaban J connectivity index is 1.25. The predicted octanol–water partition coefficient (Wildman–Crippen LogP) is 16.4. The van der Waals surface area contributed by atoms with Gasteiger partial charge in [-0.25, -0.2) is 0 Å². The molecular formula is C53H31F3S. The first-order chi connectivity index (χ1) is 28.0. The van der Waals surface area contributed by atoms with E-state index in [-0.39, 0.29) is 0 Å². The molecule has 10 aromatic carbocycles. The minimum absolute atomic E-state index is 0.654. The summed E-state index contributed by atoms with van der Waals surface area (Å²) in [6, 6.07) is 63.8. The van der Waals surface area contributed by atoms with Crippen molar-refractivity contribution in [3.05, 3.63) is 194 Å². The van der Waals surface area contributed by atoms with Gasteiger partial charge in [-0.3, -0.25) is 0 Å². The van der Waals surface area contributed by atoms with Gasteiger partial charge in [-0.05, 0) is 112 Å². The molecule has 0 saturated carbocycles. The number of benzene rings is 10. The molecule has 0 amide bonds. The van der Waals surface area contributed by atoms with Crippen molar-refractivity contribution in [3.8, 4) is 44.5 Å². The van der Waals surface area contributed by atoms with Crippen molar-refractivity contribution in [1.82, 2.24) is 0 Å². The van der Waals surface area contributed by atoms with Gasteiger partial charge in [0, 0.05) is 20.2 Å². The molecule has 1 aromatic heterocycles. The largest absolute Gasteiger partial charge is 0.416 e. The maximum atomic E-state index is 13.7. The van der Waals surface area contributed by atoms with Crippen LogP contribution in [-0.2, 0) is 6.18 Å². The molecule has 0 spiro atoms. The van der Waals surface area contributed by atoms with E-state index in [0.717, 1.165) is 43.8 Å². The van der Waals surface area contributed by atoms with Crippen LogP contribution in [0.2, 0.25) is 0 Å². The number of alkyl halides is 3. The molecular weight excluding hydrogens is 726 g/mol. The number of fused-ring (bicyclic) bond motifs is 7. The molecule has 57 heavy (non-hydrogen) atoms. The van der Waals surface area contributed by atoms with Crippen LogP contribution in [0.1, 0.15) is 5.56 Å². The summed E-state index contributed by atoms with van der Waals surface area (Å²) in [4.78, 5) is 0. The fourth-order valence-corrected chi connectivity index (χ4v) is 10.3. The molecule has 0 saturated heterocycles. The van der Waals surface area contributed by atoms with Gasteiger partial charge in [0.15, 0.2) is 0 Å². The standard InChI is InChI=1S/C53H31F3S/c54-53(55,56)34-30-28-33(29-31-34)48-37-18-6-10-22-41(37)50(42-23-11-7-19-38(42)48)44-25-13-27-46-52(44)51-43(24-12-26-45(51)57-46)49-39-20-8-4-16-35(39)47(32-14-2-1-3-15-32)36-17-5-9-21-40(36)49/h1-31H. The van der Waals surface area contributed by atoms with Crippen LogP contribution in [0.15, 0.2) is 188 Å². The maximum Gasteiger partial charge on any atom is 0.416 e. The Morgan fingerprint density at radius 1 is 0.298 bits per heavy atom. The van der Waals surface area contributed by atoms with Crippen LogP contribution in [0.3, 0.4) is 0 Å². The Hall–Kier alpha value is -6.75. The first kappa shape index (κ1) is 33.6. The lowest BCUT2D eigenvalue weighted by Gasteiger charge is -2.20. The molecule has 4 heteroatoms. The lowest BCUT2D eigenvalue weighted by Crippen LogP contribution is -2.04. The second kappa shape index (κ2) is 12.9. The Morgan fingerprint density at radius 2 is 0.632 bits per heavy atom. The van der Waals surface area contributed by atoms with Gasteiger partial charge in [0.05, 0.1) is 5.56 Å². The molecule has 0 bridgehead atoms. The fourth-order valence-electron chi connectivity index (χ4n) is 9.17. The molecule has 0 atom stereocenters. The van der Waals surface area contributed by atoms with Crippen LogP contribution >= 0.6 is 11.3 Å². The highest BCUT2D eigenvalue weighted by Gasteiger charge is 2.30. The molecule has 1 heterocycles. The lowest BCUT2D eigenvalue weighted by molar-refractivity contribution is -0.137. The van der Waals surface area contributed by atoms with Crippen LogP contribution in [0, 0.1) is 0 Å². The molecule has 0 unspecified atom stereocenters. The van der Waals surface area contributed by atoms with Crippen molar-refractivity contribution < 1.29 is 13.2 Å². The average molecular weight is 757 g/mol. The summed E-state index contributed by atoms with van der Waals surface area (Å²) in [5, 5.41) is 11.4. The molecule has 11 rings (SSSR count). The summed E-state index contributed by atoms with van der Waals surface area (Å²) >= 11 is 1.81. The SMILES string of the molecule is FC(F)(F)c1ccc(-c2c3ccccc3c(-c3cccc4sc5cccc(-c6c7ccccc7c(-c7ccccc7)c7ccccc67)c5c34)c3ccccc23)cc1. The minimum atomic E-state index is -4.41. The van der Waals surface area contributed by atoms with Gasteiger partial charge in [-0.1, -0.05) is 164 Å². The van der Waals surface area contributed by atoms with Gasteiger partial charge >= 0.3 is 6.18 Å². The third kappa shape index (κ3) is 5.21. The van der Waals surface area contributed by atoms with Crippen molar-refractivity contribution in [2.75, 3.05) is 0 Å². The van der Waals surface area contributed by atoms with E-state index in [0.29, 0.717) is 0 Å². The molecule has 0 aliphatic carbocycles. The quantitative estimate of drug-likeness (QED) is 0.157. The number of rotatable bonds is 4. The van der Waals surface area contributed by atoms with E-state index >= 15 is 0 Å². The van der Waals surface area contributed by atoms with Crippen molar-refractivity contribution >= 4 is 74.6 Å². The summed E-state index contributed by atoms with van der Waals surface area (Å²) in [6.07, 6.45) is -4.41. The Morgan fingerprint density at radius 3 is 1.00 bits per heavy atom. The number of hydrogen-bond donors (Lipinski definition) is 0. The summed E-state index contributed by atoms with van der Waals surface area (Å²) in [5.74, 6) is 0. The van der Waals surface area contributed by atoms with Crippen molar-refractivity contribution in [3.63, 3.8) is 0 Å². The number of halogens is 3. The zero-order valence-corrected chi connectivity index (χ0v) is 31.3. The van der Waals surface area contributed by atoms with Crippen molar-refractivity contribution in [2.24, 2.45) is 0 Å². The van der Waals surface area contributed by atoms with Gasteiger partial charge in [0.1, 0.15) is 0 Å². The first-order valence-corrected chi connectivity index (χ1v) is 19.8. The van der Waals surface area contributed by atoms with Gasteiger partial charge in [0.25, 0.3) is 0 Å². The topological polar surface area (TPSA) is 0 Å². The van der Waals surface area contributed by atoms with Crippen LogP contribution < -0.4 is 0 Å². The highest BCUT2D eigenvalue weighted by molar-refractivity contribution is 7.26. The molecule has 270 valence electrons. The van der Waals surface area contributed by atoms with E-state index in [9.17, 15) is 13.2 Å².